The second-order valence-electron chi connectivity index (χ2n) is 9.27. The van der Waals surface area contributed by atoms with Gasteiger partial charge in [0.25, 0.3) is 0 Å². The normalized spacial score (nSPS) is 47.5. The lowest BCUT2D eigenvalue weighted by atomic mass is 9.46. The first kappa shape index (κ1) is 16.5. The van der Waals surface area contributed by atoms with Crippen LogP contribution in [0.4, 0.5) is 0 Å². The summed E-state index contributed by atoms with van der Waals surface area (Å²) >= 11 is 0. The van der Waals surface area contributed by atoms with Crippen molar-refractivity contribution in [2.45, 2.75) is 65.2 Å². The van der Waals surface area contributed by atoms with Crippen LogP contribution in [0.25, 0.3) is 0 Å². The molecular formula is C21H30O3. The van der Waals surface area contributed by atoms with Gasteiger partial charge in [0.1, 0.15) is 6.61 Å². The number of hydrogen-bond donors (Lipinski definition) is 1. The van der Waals surface area contributed by atoms with Gasteiger partial charge in [-0.25, -0.2) is 0 Å². The van der Waals surface area contributed by atoms with E-state index in [0.29, 0.717) is 30.0 Å². The molecule has 0 spiro atoms. The summed E-state index contributed by atoms with van der Waals surface area (Å²) in [5, 5.41) is 9.36. The minimum Gasteiger partial charge on any atom is -0.389 e. The van der Waals surface area contributed by atoms with Crippen molar-refractivity contribution in [3.05, 3.63) is 11.6 Å². The molecule has 4 aliphatic carbocycles. The smallest absolute Gasteiger partial charge is 0.161 e. The van der Waals surface area contributed by atoms with Gasteiger partial charge < -0.3 is 5.11 Å². The standard InChI is InChI=1S/C21H30O3/c1-20-9-7-14(23)11-13(20)3-4-15-16-5-6-18(19(24)12-22)21(16,2)10-8-17(15)20/h11,15-18,22H,3-10,12H2,1-2H3/t15-,16+,17+,18+,20+,21+/m0/s1. The van der Waals surface area contributed by atoms with E-state index in [9.17, 15) is 14.7 Å². The van der Waals surface area contributed by atoms with Crippen molar-refractivity contribution in [1.29, 1.82) is 0 Å². The maximum absolute atomic E-state index is 12.3. The fourth-order valence-corrected chi connectivity index (χ4v) is 7.20. The quantitative estimate of drug-likeness (QED) is 0.840. The van der Waals surface area contributed by atoms with E-state index in [1.165, 1.54) is 18.4 Å². The van der Waals surface area contributed by atoms with Crippen LogP contribution < -0.4 is 0 Å². The predicted molar refractivity (Wildman–Crippen MR) is 92.3 cm³/mol. The molecule has 1 N–H and O–H groups in total. The molecular weight excluding hydrogens is 300 g/mol. The van der Waals surface area contributed by atoms with Crippen LogP contribution in [0, 0.1) is 34.5 Å². The number of rotatable bonds is 2. The van der Waals surface area contributed by atoms with Gasteiger partial charge in [-0.15, -0.1) is 0 Å². The van der Waals surface area contributed by atoms with Gasteiger partial charge in [0.05, 0.1) is 0 Å². The summed E-state index contributed by atoms with van der Waals surface area (Å²) in [6.07, 6.45) is 10.3. The number of ketones is 2. The number of allylic oxidation sites excluding steroid dienone is 1. The fourth-order valence-electron chi connectivity index (χ4n) is 7.20. The number of Topliss-reactive ketones (excluding diaryl/α,β-unsaturated/α-hetero) is 1. The Morgan fingerprint density at radius 3 is 2.67 bits per heavy atom. The first-order valence-electron chi connectivity index (χ1n) is 9.77. The monoisotopic (exact) mass is 330 g/mol. The molecule has 0 bridgehead atoms. The Labute approximate surface area is 144 Å². The summed E-state index contributed by atoms with van der Waals surface area (Å²) < 4.78 is 0. The van der Waals surface area contributed by atoms with Crippen LogP contribution in [-0.2, 0) is 9.59 Å². The summed E-state index contributed by atoms with van der Waals surface area (Å²) in [6, 6.07) is 0. The summed E-state index contributed by atoms with van der Waals surface area (Å²) in [5.41, 5.74) is 1.70. The second kappa shape index (κ2) is 5.52. The maximum atomic E-state index is 12.3. The zero-order chi connectivity index (χ0) is 17.1. The molecule has 3 fully saturated rings. The molecule has 3 saturated carbocycles. The Kier molecular flexibility index (Phi) is 3.80. The summed E-state index contributed by atoms with van der Waals surface area (Å²) in [5.74, 6) is 2.42. The molecule has 0 unspecified atom stereocenters. The lowest BCUT2D eigenvalue weighted by molar-refractivity contribution is -0.133. The highest BCUT2D eigenvalue weighted by atomic mass is 16.3. The van der Waals surface area contributed by atoms with Crippen molar-refractivity contribution in [2.75, 3.05) is 6.61 Å². The number of carbonyl (C=O) groups excluding carboxylic acids is 2. The van der Waals surface area contributed by atoms with E-state index in [1.807, 2.05) is 6.08 Å². The fraction of sp³-hybridized carbons (Fsp3) is 0.810. The molecule has 0 aliphatic heterocycles. The van der Waals surface area contributed by atoms with E-state index >= 15 is 0 Å². The van der Waals surface area contributed by atoms with Crippen molar-refractivity contribution < 1.29 is 14.7 Å². The number of aliphatic hydroxyl groups excluding tert-OH is 1. The molecule has 0 aromatic carbocycles. The van der Waals surface area contributed by atoms with E-state index in [2.05, 4.69) is 13.8 Å². The van der Waals surface area contributed by atoms with E-state index in [0.717, 1.165) is 32.1 Å². The van der Waals surface area contributed by atoms with Crippen molar-refractivity contribution in [1.82, 2.24) is 0 Å². The molecule has 0 heterocycles. The van der Waals surface area contributed by atoms with Crippen LogP contribution in [-0.4, -0.2) is 23.3 Å². The maximum Gasteiger partial charge on any atom is 0.161 e. The van der Waals surface area contributed by atoms with Crippen LogP contribution in [0.15, 0.2) is 11.6 Å². The molecule has 24 heavy (non-hydrogen) atoms. The summed E-state index contributed by atoms with van der Waals surface area (Å²) in [4.78, 5) is 24.1. The first-order chi connectivity index (χ1) is 11.4. The molecule has 0 aromatic rings. The Morgan fingerprint density at radius 1 is 1.12 bits per heavy atom. The topological polar surface area (TPSA) is 54.4 Å². The van der Waals surface area contributed by atoms with Crippen molar-refractivity contribution in [3.63, 3.8) is 0 Å². The van der Waals surface area contributed by atoms with Gasteiger partial charge in [0.2, 0.25) is 0 Å². The van der Waals surface area contributed by atoms with Crippen molar-refractivity contribution >= 4 is 11.6 Å². The van der Waals surface area contributed by atoms with E-state index in [1.54, 1.807) is 0 Å². The number of carbonyl (C=O) groups is 2. The second-order valence-corrected chi connectivity index (χ2v) is 9.27. The van der Waals surface area contributed by atoms with Crippen molar-refractivity contribution in [2.24, 2.45) is 34.5 Å². The van der Waals surface area contributed by atoms with Crippen LogP contribution in [0.2, 0.25) is 0 Å². The average Bonchev–Trinajstić information content (AvgIpc) is 2.92. The molecule has 0 aromatic heterocycles. The average molecular weight is 330 g/mol. The SMILES string of the molecule is C[C@@]12CC[C@@H]3[C@@H](CCC4=CC(=O)CC[C@]43C)[C@H]1CC[C@@H]2C(=O)CO. The van der Waals surface area contributed by atoms with Crippen molar-refractivity contribution in [3.8, 4) is 0 Å². The van der Waals surface area contributed by atoms with E-state index in [-0.39, 0.29) is 29.1 Å². The molecule has 6 atom stereocenters. The van der Waals surface area contributed by atoms with Crippen LogP contribution in [0.1, 0.15) is 65.2 Å². The molecule has 4 rings (SSSR count). The molecule has 0 radical (unpaired) electrons. The van der Waals surface area contributed by atoms with Gasteiger partial charge in [-0.2, -0.15) is 0 Å². The third-order valence-electron chi connectivity index (χ3n) is 8.51. The van der Waals surface area contributed by atoms with Gasteiger partial charge in [-0.05, 0) is 79.6 Å². The highest BCUT2D eigenvalue weighted by molar-refractivity contribution is 5.91. The van der Waals surface area contributed by atoms with Crippen LogP contribution >= 0.6 is 0 Å². The highest BCUT2D eigenvalue weighted by Gasteiger charge is 2.59. The summed E-state index contributed by atoms with van der Waals surface area (Å²) in [7, 11) is 0. The zero-order valence-corrected chi connectivity index (χ0v) is 15.0. The lowest BCUT2D eigenvalue weighted by Gasteiger charge is -2.58. The largest absolute Gasteiger partial charge is 0.389 e. The Balaban J connectivity index is 1.65. The minimum absolute atomic E-state index is 0.0596. The first-order valence-corrected chi connectivity index (χ1v) is 9.77. The Morgan fingerprint density at radius 2 is 1.92 bits per heavy atom. The Hall–Kier alpha value is -0.960. The molecule has 3 heteroatoms. The minimum atomic E-state index is -0.298. The van der Waals surface area contributed by atoms with E-state index in [4.69, 9.17) is 0 Å². The summed E-state index contributed by atoms with van der Waals surface area (Å²) in [6.45, 7) is 4.42. The number of fused-ring (bicyclic) bond motifs is 5. The van der Waals surface area contributed by atoms with E-state index < -0.39 is 0 Å². The van der Waals surface area contributed by atoms with Gasteiger partial charge >= 0.3 is 0 Å². The number of hydrogen-bond acceptors (Lipinski definition) is 3. The third kappa shape index (κ3) is 2.13. The third-order valence-corrected chi connectivity index (χ3v) is 8.51. The molecule has 132 valence electrons. The van der Waals surface area contributed by atoms with Crippen LogP contribution in [0.5, 0.6) is 0 Å². The van der Waals surface area contributed by atoms with Crippen LogP contribution in [0.3, 0.4) is 0 Å². The highest BCUT2D eigenvalue weighted by Crippen LogP contribution is 2.66. The van der Waals surface area contributed by atoms with Gasteiger partial charge in [0.15, 0.2) is 11.6 Å². The molecule has 4 aliphatic rings. The van der Waals surface area contributed by atoms with Gasteiger partial charge in [0, 0.05) is 12.3 Å². The Bertz CT molecular complexity index is 606. The predicted octanol–water partition coefficient (Wildman–Crippen LogP) is 3.70. The zero-order valence-electron chi connectivity index (χ0n) is 15.0. The molecule has 3 nitrogen and oxygen atoms in total. The number of aliphatic hydroxyl groups is 1. The molecule has 0 amide bonds. The van der Waals surface area contributed by atoms with Gasteiger partial charge in [-0.3, -0.25) is 9.59 Å². The molecule has 0 saturated heterocycles. The lowest BCUT2D eigenvalue weighted by Crippen LogP contribution is -2.51. The van der Waals surface area contributed by atoms with Gasteiger partial charge in [-0.1, -0.05) is 19.4 Å².